The van der Waals surface area contributed by atoms with Gasteiger partial charge in [0, 0.05) is 17.5 Å². The Hall–Kier alpha value is 0.330. The number of nitrogens with zero attached hydrogens (tertiary/aromatic N) is 1. The highest BCUT2D eigenvalue weighted by Gasteiger charge is 2.07. The zero-order chi connectivity index (χ0) is 7.40. The molecule has 0 fully saturated rings. The molecule has 0 aromatic heterocycles. The second-order valence-electron chi connectivity index (χ2n) is 2.28. The van der Waals surface area contributed by atoms with Gasteiger partial charge in [0.1, 0.15) is 4.38 Å². The fourth-order valence-electron chi connectivity index (χ4n) is 0.606. The highest BCUT2D eigenvalue weighted by molar-refractivity contribution is 8.39. The van der Waals surface area contributed by atoms with Crippen molar-refractivity contribution in [3.05, 3.63) is 0 Å². The molecule has 58 valence electrons. The van der Waals surface area contributed by atoms with E-state index in [-0.39, 0.29) is 6.04 Å². The van der Waals surface area contributed by atoms with E-state index in [1.807, 2.05) is 18.7 Å². The highest BCUT2D eigenvalue weighted by atomic mass is 32.2. The van der Waals surface area contributed by atoms with Crippen molar-refractivity contribution in [1.29, 1.82) is 0 Å². The Balaban J connectivity index is 2.13. The Morgan fingerprint density at radius 1 is 1.90 bits per heavy atom. The molecule has 1 heterocycles. The smallest absolute Gasteiger partial charge is 0.124 e. The number of hydrogen-bond donors (Lipinski definition) is 1. The zero-order valence-corrected chi connectivity index (χ0v) is 7.67. The van der Waals surface area contributed by atoms with Crippen molar-refractivity contribution >= 4 is 27.9 Å². The molecular formula is C6H12N2S2. The number of thioether (sulfide) groups is 2. The van der Waals surface area contributed by atoms with Gasteiger partial charge in [0.2, 0.25) is 0 Å². The maximum absolute atomic E-state index is 5.59. The lowest BCUT2D eigenvalue weighted by atomic mass is 10.4. The third-order valence-electron chi connectivity index (χ3n) is 1.03. The van der Waals surface area contributed by atoms with Crippen molar-refractivity contribution < 1.29 is 0 Å². The molecule has 1 rings (SSSR count). The Kier molecular flexibility index (Phi) is 3.59. The van der Waals surface area contributed by atoms with E-state index in [0.29, 0.717) is 0 Å². The van der Waals surface area contributed by atoms with Crippen molar-refractivity contribution in [2.75, 3.05) is 18.1 Å². The largest absolute Gasteiger partial charge is 0.327 e. The van der Waals surface area contributed by atoms with Crippen LogP contribution in [0.2, 0.25) is 0 Å². The molecule has 0 bridgehead atoms. The van der Waals surface area contributed by atoms with E-state index in [9.17, 15) is 0 Å². The van der Waals surface area contributed by atoms with Crippen molar-refractivity contribution in [3.63, 3.8) is 0 Å². The van der Waals surface area contributed by atoms with Crippen LogP contribution in [0.15, 0.2) is 4.99 Å². The summed E-state index contributed by atoms with van der Waals surface area (Å²) in [5.41, 5.74) is 5.59. The summed E-state index contributed by atoms with van der Waals surface area (Å²) in [4.78, 5) is 4.29. The first-order chi connectivity index (χ1) is 4.79. The van der Waals surface area contributed by atoms with Gasteiger partial charge in [-0.3, -0.25) is 4.99 Å². The van der Waals surface area contributed by atoms with Crippen molar-refractivity contribution in [2.45, 2.75) is 13.0 Å². The molecule has 0 unspecified atom stereocenters. The van der Waals surface area contributed by atoms with Gasteiger partial charge in [-0.25, -0.2) is 0 Å². The molecule has 1 aliphatic heterocycles. The van der Waals surface area contributed by atoms with E-state index in [1.165, 1.54) is 4.38 Å². The highest BCUT2D eigenvalue weighted by Crippen LogP contribution is 2.21. The van der Waals surface area contributed by atoms with Crippen LogP contribution in [0, 0.1) is 0 Å². The van der Waals surface area contributed by atoms with Gasteiger partial charge in [0.15, 0.2) is 0 Å². The number of rotatable bonds is 2. The number of hydrogen-bond acceptors (Lipinski definition) is 4. The fraction of sp³-hybridized carbons (Fsp3) is 0.833. The van der Waals surface area contributed by atoms with Gasteiger partial charge in [0.25, 0.3) is 0 Å². The summed E-state index contributed by atoms with van der Waals surface area (Å²) in [6.45, 7) is 3.01. The van der Waals surface area contributed by atoms with Crippen molar-refractivity contribution in [3.8, 4) is 0 Å². The van der Waals surface area contributed by atoms with Gasteiger partial charge in [-0.2, -0.15) is 0 Å². The lowest BCUT2D eigenvalue weighted by molar-refractivity contribution is 0.849. The predicted octanol–water partition coefficient (Wildman–Crippen LogP) is 1.17. The van der Waals surface area contributed by atoms with Gasteiger partial charge in [-0.15, -0.1) is 0 Å². The Labute approximate surface area is 70.0 Å². The lowest BCUT2D eigenvalue weighted by Crippen LogP contribution is -2.18. The van der Waals surface area contributed by atoms with E-state index in [2.05, 4.69) is 4.99 Å². The minimum Gasteiger partial charge on any atom is -0.327 e. The fourth-order valence-corrected chi connectivity index (χ4v) is 2.52. The van der Waals surface area contributed by atoms with Gasteiger partial charge in [0.05, 0.1) is 6.54 Å². The maximum atomic E-state index is 5.59. The summed E-state index contributed by atoms with van der Waals surface area (Å²) in [6.07, 6.45) is 0. The summed E-state index contributed by atoms with van der Waals surface area (Å²) >= 11 is 3.62. The molecule has 2 nitrogen and oxygen atoms in total. The topological polar surface area (TPSA) is 38.4 Å². The minimum atomic E-state index is 0.286. The number of aliphatic imine (C=N–C) groups is 1. The zero-order valence-electron chi connectivity index (χ0n) is 6.04. The first kappa shape index (κ1) is 8.43. The standard InChI is InChI=1S/C6H12N2S2/c1-5(7)4-10-6-8-2-3-9-6/h5H,2-4,7H2,1H3/t5-/m1/s1. The van der Waals surface area contributed by atoms with Crippen LogP contribution in [0.25, 0.3) is 0 Å². The molecular weight excluding hydrogens is 164 g/mol. The van der Waals surface area contributed by atoms with Crippen LogP contribution in [0.4, 0.5) is 0 Å². The monoisotopic (exact) mass is 176 g/mol. The van der Waals surface area contributed by atoms with Gasteiger partial charge in [-0.05, 0) is 6.92 Å². The Morgan fingerprint density at radius 2 is 2.70 bits per heavy atom. The van der Waals surface area contributed by atoms with Crippen LogP contribution in [0.1, 0.15) is 6.92 Å². The molecule has 0 spiro atoms. The van der Waals surface area contributed by atoms with E-state index >= 15 is 0 Å². The molecule has 0 aromatic carbocycles. The quantitative estimate of drug-likeness (QED) is 0.686. The third kappa shape index (κ3) is 2.94. The minimum absolute atomic E-state index is 0.286. The summed E-state index contributed by atoms with van der Waals surface area (Å²) in [6, 6.07) is 0.286. The van der Waals surface area contributed by atoms with Crippen LogP contribution in [0.5, 0.6) is 0 Å². The summed E-state index contributed by atoms with van der Waals surface area (Å²) in [5.74, 6) is 2.15. The summed E-state index contributed by atoms with van der Waals surface area (Å²) in [7, 11) is 0. The normalized spacial score (nSPS) is 20.8. The SMILES string of the molecule is C[C@@H](N)CSC1=NCCS1. The molecule has 0 amide bonds. The molecule has 0 saturated heterocycles. The van der Waals surface area contributed by atoms with Gasteiger partial charge >= 0.3 is 0 Å². The second-order valence-corrected chi connectivity index (χ2v) is 4.64. The molecule has 1 aliphatic rings. The summed E-state index contributed by atoms with van der Waals surface area (Å²) in [5, 5.41) is 0. The molecule has 10 heavy (non-hydrogen) atoms. The lowest BCUT2D eigenvalue weighted by Gasteiger charge is -2.02. The maximum Gasteiger partial charge on any atom is 0.124 e. The van der Waals surface area contributed by atoms with E-state index in [1.54, 1.807) is 11.8 Å². The molecule has 0 aromatic rings. The van der Waals surface area contributed by atoms with Crippen LogP contribution in [-0.2, 0) is 0 Å². The van der Waals surface area contributed by atoms with E-state index < -0.39 is 0 Å². The molecule has 1 atom stereocenters. The van der Waals surface area contributed by atoms with Gasteiger partial charge in [-0.1, -0.05) is 23.5 Å². The van der Waals surface area contributed by atoms with Crippen LogP contribution < -0.4 is 5.73 Å². The first-order valence-corrected chi connectivity index (χ1v) is 5.32. The molecule has 0 aliphatic carbocycles. The van der Waals surface area contributed by atoms with Crippen LogP contribution in [0.3, 0.4) is 0 Å². The average molecular weight is 176 g/mol. The Bertz CT molecular complexity index is 134. The molecule has 0 saturated carbocycles. The van der Waals surface area contributed by atoms with Gasteiger partial charge < -0.3 is 5.73 Å². The molecule has 2 N–H and O–H groups in total. The van der Waals surface area contributed by atoms with Crippen LogP contribution >= 0.6 is 23.5 Å². The first-order valence-electron chi connectivity index (χ1n) is 3.34. The van der Waals surface area contributed by atoms with E-state index in [0.717, 1.165) is 18.1 Å². The average Bonchev–Trinajstić information content (AvgIpc) is 2.34. The van der Waals surface area contributed by atoms with Crippen molar-refractivity contribution in [1.82, 2.24) is 0 Å². The molecule has 0 radical (unpaired) electrons. The predicted molar refractivity (Wildman–Crippen MR) is 50.9 cm³/mol. The summed E-state index contributed by atoms with van der Waals surface area (Å²) < 4.78 is 1.22. The Morgan fingerprint density at radius 3 is 3.20 bits per heavy atom. The van der Waals surface area contributed by atoms with Crippen molar-refractivity contribution in [2.24, 2.45) is 10.7 Å². The molecule has 4 heteroatoms. The number of nitrogens with two attached hydrogens (primary N) is 1. The van der Waals surface area contributed by atoms with E-state index in [4.69, 9.17) is 5.73 Å². The second kappa shape index (κ2) is 4.26. The third-order valence-corrected chi connectivity index (χ3v) is 3.57. The van der Waals surface area contributed by atoms with Crippen LogP contribution in [-0.4, -0.2) is 28.5 Å².